The van der Waals surface area contributed by atoms with E-state index in [0.717, 1.165) is 6.42 Å². The first-order valence-electron chi connectivity index (χ1n) is 5.63. The predicted molar refractivity (Wildman–Crippen MR) is 60.1 cm³/mol. The second kappa shape index (κ2) is 9.77. The molecule has 6 heteroatoms. The highest BCUT2D eigenvalue weighted by Gasteiger charge is 2.07. The third kappa shape index (κ3) is 9.50. The third-order valence-electron chi connectivity index (χ3n) is 1.90. The SMILES string of the molecule is CCCC(=O)OCCOC(=O)CCC(=O)CN. The number of rotatable bonds is 9. The number of ether oxygens (including phenoxy) is 2. The number of hydrogen-bond donors (Lipinski definition) is 1. The first-order valence-corrected chi connectivity index (χ1v) is 5.63. The lowest BCUT2D eigenvalue weighted by molar-refractivity contribution is -0.152. The van der Waals surface area contributed by atoms with E-state index in [4.69, 9.17) is 15.2 Å². The van der Waals surface area contributed by atoms with Gasteiger partial charge in [-0.3, -0.25) is 14.4 Å². The molecule has 6 nitrogen and oxygen atoms in total. The quantitative estimate of drug-likeness (QED) is 0.460. The average molecular weight is 245 g/mol. The van der Waals surface area contributed by atoms with Crippen molar-refractivity contribution < 1.29 is 23.9 Å². The molecule has 0 amide bonds. The number of carbonyl (C=O) groups is 3. The van der Waals surface area contributed by atoms with Crippen LogP contribution in [0.3, 0.4) is 0 Å². The molecule has 0 saturated heterocycles. The van der Waals surface area contributed by atoms with Gasteiger partial charge >= 0.3 is 11.9 Å². The van der Waals surface area contributed by atoms with E-state index in [-0.39, 0.29) is 44.4 Å². The molecule has 0 aliphatic carbocycles. The Labute approximate surface area is 100 Å². The zero-order chi connectivity index (χ0) is 13.1. The van der Waals surface area contributed by atoms with Crippen molar-refractivity contribution in [3.8, 4) is 0 Å². The minimum Gasteiger partial charge on any atom is -0.462 e. The Morgan fingerprint density at radius 2 is 1.47 bits per heavy atom. The molecule has 98 valence electrons. The van der Waals surface area contributed by atoms with E-state index in [9.17, 15) is 14.4 Å². The molecule has 2 N–H and O–H groups in total. The van der Waals surface area contributed by atoms with Gasteiger partial charge in [0.1, 0.15) is 19.0 Å². The number of carbonyl (C=O) groups excluding carboxylic acids is 3. The lowest BCUT2D eigenvalue weighted by Crippen LogP contribution is -2.17. The van der Waals surface area contributed by atoms with E-state index in [0.29, 0.717) is 6.42 Å². The van der Waals surface area contributed by atoms with Gasteiger partial charge in [-0.15, -0.1) is 0 Å². The maximum absolute atomic E-state index is 11.1. The summed E-state index contributed by atoms with van der Waals surface area (Å²) in [5.41, 5.74) is 5.08. The minimum atomic E-state index is -0.488. The molecule has 0 bridgehead atoms. The zero-order valence-electron chi connectivity index (χ0n) is 10.1. The van der Waals surface area contributed by atoms with Gasteiger partial charge in [0.15, 0.2) is 0 Å². The Hall–Kier alpha value is -1.43. The number of hydrogen-bond acceptors (Lipinski definition) is 6. The zero-order valence-corrected chi connectivity index (χ0v) is 10.1. The Balaban J connectivity index is 3.45. The minimum absolute atomic E-state index is 0.0128. The van der Waals surface area contributed by atoms with Crippen LogP contribution in [0.25, 0.3) is 0 Å². The van der Waals surface area contributed by atoms with Crippen LogP contribution in [-0.4, -0.2) is 37.5 Å². The molecule has 0 radical (unpaired) electrons. The van der Waals surface area contributed by atoms with Gasteiger partial charge in [-0.05, 0) is 6.42 Å². The van der Waals surface area contributed by atoms with Gasteiger partial charge in [0.05, 0.1) is 13.0 Å². The summed E-state index contributed by atoms with van der Waals surface area (Å²) in [6, 6.07) is 0. The van der Waals surface area contributed by atoms with Crippen molar-refractivity contribution in [1.29, 1.82) is 0 Å². The van der Waals surface area contributed by atoms with E-state index < -0.39 is 5.97 Å². The van der Waals surface area contributed by atoms with E-state index >= 15 is 0 Å². The standard InChI is InChI=1S/C11H19NO5/c1-2-3-10(14)16-6-7-17-11(15)5-4-9(13)8-12/h2-8,12H2,1H3. The lowest BCUT2D eigenvalue weighted by Gasteiger charge is -2.05. The molecular formula is C11H19NO5. The summed E-state index contributed by atoms with van der Waals surface area (Å²) < 4.78 is 9.53. The van der Waals surface area contributed by atoms with Gasteiger partial charge in [-0.2, -0.15) is 0 Å². The Morgan fingerprint density at radius 3 is 1.94 bits per heavy atom. The van der Waals surface area contributed by atoms with Crippen molar-refractivity contribution in [3.63, 3.8) is 0 Å². The van der Waals surface area contributed by atoms with Crippen LogP contribution in [0, 0.1) is 0 Å². The van der Waals surface area contributed by atoms with Crippen molar-refractivity contribution in [2.75, 3.05) is 19.8 Å². The van der Waals surface area contributed by atoms with Crippen LogP contribution in [0.4, 0.5) is 0 Å². The Kier molecular flexibility index (Phi) is 8.95. The lowest BCUT2D eigenvalue weighted by atomic mass is 10.2. The van der Waals surface area contributed by atoms with Crippen molar-refractivity contribution in [3.05, 3.63) is 0 Å². The topological polar surface area (TPSA) is 95.7 Å². The van der Waals surface area contributed by atoms with E-state index in [2.05, 4.69) is 0 Å². The summed E-state index contributed by atoms with van der Waals surface area (Å²) in [5.74, 6) is -0.975. The molecule has 17 heavy (non-hydrogen) atoms. The molecule has 0 heterocycles. The fraction of sp³-hybridized carbons (Fsp3) is 0.727. The van der Waals surface area contributed by atoms with Crippen LogP contribution in [0.2, 0.25) is 0 Å². The summed E-state index contributed by atoms with van der Waals surface area (Å²) >= 11 is 0. The number of Topliss-reactive ketones (excluding diaryl/α,β-unsaturated/α-hetero) is 1. The van der Waals surface area contributed by atoms with Gasteiger partial charge in [0, 0.05) is 12.8 Å². The molecule has 0 aromatic rings. The molecule has 0 unspecified atom stereocenters. The predicted octanol–water partition coefficient (Wildman–Crippen LogP) is 0.181. The molecule has 0 aromatic heterocycles. The van der Waals surface area contributed by atoms with Crippen molar-refractivity contribution in [2.24, 2.45) is 5.73 Å². The Bertz CT molecular complexity index is 265. The van der Waals surface area contributed by atoms with Crippen LogP contribution in [0.15, 0.2) is 0 Å². The van der Waals surface area contributed by atoms with Crippen LogP contribution < -0.4 is 5.73 Å². The highest BCUT2D eigenvalue weighted by atomic mass is 16.6. The largest absolute Gasteiger partial charge is 0.462 e. The maximum Gasteiger partial charge on any atom is 0.306 e. The van der Waals surface area contributed by atoms with Crippen molar-refractivity contribution >= 4 is 17.7 Å². The molecular weight excluding hydrogens is 226 g/mol. The van der Waals surface area contributed by atoms with Crippen LogP contribution in [0.5, 0.6) is 0 Å². The monoisotopic (exact) mass is 245 g/mol. The number of ketones is 1. The van der Waals surface area contributed by atoms with Crippen LogP contribution in [-0.2, 0) is 23.9 Å². The third-order valence-corrected chi connectivity index (χ3v) is 1.90. The van der Waals surface area contributed by atoms with Gasteiger partial charge in [0.2, 0.25) is 0 Å². The van der Waals surface area contributed by atoms with E-state index in [1.54, 1.807) is 0 Å². The highest BCUT2D eigenvalue weighted by molar-refractivity contribution is 5.84. The summed E-state index contributed by atoms with van der Waals surface area (Å²) in [5, 5.41) is 0. The van der Waals surface area contributed by atoms with Crippen LogP contribution >= 0.6 is 0 Å². The van der Waals surface area contributed by atoms with Gasteiger partial charge in [-0.1, -0.05) is 6.92 Å². The number of esters is 2. The Morgan fingerprint density at radius 1 is 0.941 bits per heavy atom. The molecule has 0 aliphatic rings. The van der Waals surface area contributed by atoms with E-state index in [1.807, 2.05) is 6.92 Å². The number of nitrogens with two attached hydrogens (primary N) is 1. The van der Waals surface area contributed by atoms with E-state index in [1.165, 1.54) is 0 Å². The van der Waals surface area contributed by atoms with Gasteiger partial charge in [0.25, 0.3) is 0 Å². The second-order valence-corrected chi connectivity index (χ2v) is 3.43. The molecule has 0 fully saturated rings. The summed E-state index contributed by atoms with van der Waals surface area (Å²) in [4.78, 5) is 32.8. The molecule has 0 atom stereocenters. The first-order chi connectivity index (χ1) is 8.10. The fourth-order valence-electron chi connectivity index (χ4n) is 1.00. The molecule has 0 spiro atoms. The second-order valence-electron chi connectivity index (χ2n) is 3.43. The smallest absolute Gasteiger partial charge is 0.306 e. The highest BCUT2D eigenvalue weighted by Crippen LogP contribution is 1.95. The average Bonchev–Trinajstić information content (AvgIpc) is 2.32. The van der Waals surface area contributed by atoms with Crippen molar-refractivity contribution in [2.45, 2.75) is 32.6 Å². The molecule has 0 saturated carbocycles. The van der Waals surface area contributed by atoms with Gasteiger partial charge in [-0.25, -0.2) is 0 Å². The summed E-state index contributed by atoms with van der Waals surface area (Å²) in [7, 11) is 0. The molecule has 0 rings (SSSR count). The first kappa shape index (κ1) is 15.6. The fourth-order valence-corrected chi connectivity index (χ4v) is 1.00. The molecule has 0 aromatic carbocycles. The molecule has 0 aliphatic heterocycles. The normalized spacial score (nSPS) is 9.76. The summed E-state index contributed by atoms with van der Waals surface area (Å²) in [6.45, 7) is 1.87. The van der Waals surface area contributed by atoms with Crippen LogP contribution in [0.1, 0.15) is 32.6 Å². The maximum atomic E-state index is 11.1. The summed E-state index contributed by atoms with van der Waals surface area (Å²) in [6.07, 6.45) is 1.18. The van der Waals surface area contributed by atoms with Crippen molar-refractivity contribution in [1.82, 2.24) is 0 Å². The van der Waals surface area contributed by atoms with Gasteiger partial charge < -0.3 is 15.2 Å².